The molecule has 1 N–H and O–H groups in total. The van der Waals surface area contributed by atoms with Crippen LogP contribution >= 0.6 is 0 Å². The van der Waals surface area contributed by atoms with Crippen molar-refractivity contribution in [3.63, 3.8) is 0 Å². The van der Waals surface area contributed by atoms with E-state index in [9.17, 15) is 0 Å². The van der Waals surface area contributed by atoms with Gasteiger partial charge in [0, 0.05) is 36.7 Å². The van der Waals surface area contributed by atoms with Gasteiger partial charge in [-0.15, -0.1) is 0 Å². The summed E-state index contributed by atoms with van der Waals surface area (Å²) in [6, 6.07) is 1.96. The maximum absolute atomic E-state index is 5.97. The number of fused-ring (bicyclic) bond motifs is 2. The number of hydrogen-bond donors (Lipinski definition) is 1. The first-order valence-corrected chi connectivity index (χ1v) is 6.05. The van der Waals surface area contributed by atoms with E-state index in [4.69, 9.17) is 4.74 Å². The highest BCUT2D eigenvalue weighted by molar-refractivity contribution is 5.15. The average Bonchev–Trinajstić information content (AvgIpc) is 2.37. The first-order valence-electron chi connectivity index (χ1n) is 6.05. The van der Waals surface area contributed by atoms with Crippen LogP contribution in [0.15, 0.2) is 12.4 Å². The monoisotopic (exact) mass is 219 g/mol. The van der Waals surface area contributed by atoms with Crippen LogP contribution in [-0.4, -0.2) is 29.2 Å². The normalized spacial score (nSPS) is 31.9. The largest absolute Gasteiger partial charge is 0.474 e. The van der Waals surface area contributed by atoms with Gasteiger partial charge in [-0.2, -0.15) is 0 Å². The molecule has 1 aromatic heterocycles. The second kappa shape index (κ2) is 4.01. The van der Waals surface area contributed by atoms with Crippen LogP contribution in [0.1, 0.15) is 19.0 Å². The maximum atomic E-state index is 5.97. The smallest absolute Gasteiger partial charge is 0.216 e. The van der Waals surface area contributed by atoms with E-state index in [0.29, 0.717) is 17.9 Å². The lowest BCUT2D eigenvalue weighted by Crippen LogP contribution is -2.59. The molecule has 1 unspecified atom stereocenters. The minimum Gasteiger partial charge on any atom is -0.474 e. The van der Waals surface area contributed by atoms with E-state index in [-0.39, 0.29) is 0 Å². The van der Waals surface area contributed by atoms with Crippen molar-refractivity contribution in [1.29, 1.82) is 0 Å². The number of aryl methyl sites for hydroxylation is 1. The lowest BCUT2D eigenvalue weighted by molar-refractivity contribution is -0.0471. The maximum Gasteiger partial charge on any atom is 0.216 e. The summed E-state index contributed by atoms with van der Waals surface area (Å²) in [5, 5.41) is 3.41. The molecular weight excluding hydrogens is 202 g/mol. The molecule has 0 aromatic carbocycles. The Labute approximate surface area is 95.4 Å². The first kappa shape index (κ1) is 10.0. The van der Waals surface area contributed by atoms with E-state index >= 15 is 0 Å². The molecule has 1 saturated carbocycles. The molecular formula is C12H17N3O. The summed E-state index contributed by atoms with van der Waals surface area (Å²) in [5.41, 5.74) is 1.05. The first-order chi connectivity index (χ1) is 7.86. The highest BCUT2D eigenvalue weighted by Gasteiger charge is 2.45. The zero-order valence-electron chi connectivity index (χ0n) is 9.52. The van der Waals surface area contributed by atoms with Gasteiger partial charge in [-0.3, -0.25) is 0 Å². The van der Waals surface area contributed by atoms with Crippen molar-refractivity contribution in [3.8, 4) is 5.88 Å². The molecule has 1 aliphatic carbocycles. The van der Waals surface area contributed by atoms with Gasteiger partial charge in [-0.25, -0.2) is 9.97 Å². The van der Waals surface area contributed by atoms with Gasteiger partial charge in [-0.1, -0.05) is 6.92 Å². The van der Waals surface area contributed by atoms with Gasteiger partial charge in [0.25, 0.3) is 0 Å². The zero-order valence-corrected chi connectivity index (χ0v) is 9.52. The van der Waals surface area contributed by atoms with Crippen molar-refractivity contribution in [2.45, 2.75) is 25.9 Å². The van der Waals surface area contributed by atoms with Crippen LogP contribution in [0.4, 0.5) is 0 Å². The number of nitrogens with one attached hydrogen (secondary N) is 1. The Morgan fingerprint density at radius 1 is 1.38 bits per heavy atom. The van der Waals surface area contributed by atoms with Crippen LogP contribution in [0.2, 0.25) is 0 Å². The molecule has 3 atom stereocenters. The van der Waals surface area contributed by atoms with E-state index in [1.54, 1.807) is 6.33 Å². The third kappa shape index (κ3) is 1.67. The predicted octanol–water partition coefficient (Wildman–Crippen LogP) is 1.03. The fraction of sp³-hybridized carbons (Fsp3) is 0.667. The van der Waals surface area contributed by atoms with Crippen LogP contribution in [0.3, 0.4) is 0 Å². The summed E-state index contributed by atoms with van der Waals surface area (Å²) < 4.78 is 5.97. The Morgan fingerprint density at radius 2 is 2.19 bits per heavy atom. The van der Waals surface area contributed by atoms with Gasteiger partial charge < -0.3 is 10.1 Å². The van der Waals surface area contributed by atoms with Crippen LogP contribution in [0, 0.1) is 11.8 Å². The zero-order chi connectivity index (χ0) is 11.0. The highest BCUT2D eigenvalue weighted by Crippen LogP contribution is 2.39. The molecule has 1 saturated heterocycles. The van der Waals surface area contributed by atoms with Gasteiger partial charge in [0.1, 0.15) is 12.4 Å². The molecule has 2 heterocycles. The molecule has 0 amide bonds. The third-order valence-corrected chi connectivity index (χ3v) is 3.67. The number of rotatable bonds is 3. The van der Waals surface area contributed by atoms with E-state index in [0.717, 1.165) is 31.1 Å². The number of ether oxygens (including phenoxy) is 1. The number of hydrogen-bond acceptors (Lipinski definition) is 4. The molecule has 2 bridgehead atoms. The van der Waals surface area contributed by atoms with E-state index in [1.165, 1.54) is 6.42 Å². The van der Waals surface area contributed by atoms with Gasteiger partial charge in [0.15, 0.2) is 0 Å². The summed E-state index contributed by atoms with van der Waals surface area (Å²) in [6.07, 6.45) is 4.21. The van der Waals surface area contributed by atoms with Gasteiger partial charge in [0.2, 0.25) is 5.88 Å². The fourth-order valence-electron chi connectivity index (χ4n) is 2.67. The Bertz CT molecular complexity index is 368. The van der Waals surface area contributed by atoms with Crippen LogP contribution in [-0.2, 0) is 6.42 Å². The number of piperidine rings is 2. The number of aromatic nitrogens is 2. The molecule has 4 heteroatoms. The molecule has 16 heavy (non-hydrogen) atoms. The topological polar surface area (TPSA) is 47.0 Å². The van der Waals surface area contributed by atoms with Crippen LogP contribution in [0.25, 0.3) is 0 Å². The molecule has 1 aromatic rings. The number of nitrogens with zero attached hydrogens (tertiary/aromatic N) is 2. The summed E-state index contributed by atoms with van der Waals surface area (Å²) in [7, 11) is 0. The Hall–Kier alpha value is -1.16. The Kier molecular flexibility index (Phi) is 2.52. The van der Waals surface area contributed by atoms with Crippen molar-refractivity contribution >= 4 is 0 Å². The summed E-state index contributed by atoms with van der Waals surface area (Å²) in [4.78, 5) is 8.36. The van der Waals surface area contributed by atoms with E-state index in [2.05, 4.69) is 22.2 Å². The SMILES string of the molecule is CCc1cc(OC2[C@@H]3CNC[C@H]2C3)ncn1. The predicted molar refractivity (Wildman–Crippen MR) is 60.3 cm³/mol. The minimum atomic E-state index is 0.376. The van der Waals surface area contributed by atoms with Crippen molar-refractivity contribution in [2.75, 3.05) is 13.1 Å². The average molecular weight is 219 g/mol. The molecule has 4 nitrogen and oxygen atoms in total. The van der Waals surface area contributed by atoms with E-state index < -0.39 is 0 Å². The third-order valence-electron chi connectivity index (χ3n) is 3.67. The van der Waals surface area contributed by atoms with Gasteiger partial charge in [0.05, 0.1) is 0 Å². The van der Waals surface area contributed by atoms with Crippen molar-refractivity contribution in [2.24, 2.45) is 11.8 Å². The standard InChI is InChI=1S/C12H17N3O/c1-2-10-4-11(15-7-14-10)16-12-8-3-9(12)6-13-5-8/h4,7-9,12-13H,2-3,5-6H2,1H3/t8-,9+,12?. The molecule has 1 aliphatic heterocycles. The second-order valence-corrected chi connectivity index (χ2v) is 4.70. The lowest BCUT2D eigenvalue weighted by atomic mass is 9.69. The lowest BCUT2D eigenvalue weighted by Gasteiger charge is -2.48. The van der Waals surface area contributed by atoms with E-state index in [1.807, 2.05) is 6.07 Å². The molecule has 2 aliphatic rings. The van der Waals surface area contributed by atoms with Crippen molar-refractivity contribution < 1.29 is 4.74 Å². The molecule has 0 spiro atoms. The van der Waals surface area contributed by atoms with Gasteiger partial charge in [-0.05, 0) is 12.8 Å². The summed E-state index contributed by atoms with van der Waals surface area (Å²) in [5.74, 6) is 2.10. The van der Waals surface area contributed by atoms with Crippen LogP contribution in [0.5, 0.6) is 5.88 Å². The molecule has 86 valence electrons. The molecule has 0 radical (unpaired) electrons. The minimum absolute atomic E-state index is 0.376. The van der Waals surface area contributed by atoms with Crippen molar-refractivity contribution in [3.05, 3.63) is 18.1 Å². The van der Waals surface area contributed by atoms with Crippen LogP contribution < -0.4 is 10.1 Å². The van der Waals surface area contributed by atoms with Gasteiger partial charge >= 0.3 is 0 Å². The molecule has 3 rings (SSSR count). The quantitative estimate of drug-likeness (QED) is 0.824. The Balaban J connectivity index is 1.69. The Morgan fingerprint density at radius 3 is 2.88 bits per heavy atom. The summed E-state index contributed by atoms with van der Waals surface area (Å²) in [6.45, 7) is 4.27. The fourth-order valence-corrected chi connectivity index (χ4v) is 2.67. The molecule has 2 fully saturated rings. The second-order valence-electron chi connectivity index (χ2n) is 4.70. The highest BCUT2D eigenvalue weighted by atomic mass is 16.5. The summed E-state index contributed by atoms with van der Waals surface area (Å²) >= 11 is 0. The van der Waals surface area contributed by atoms with Crippen molar-refractivity contribution in [1.82, 2.24) is 15.3 Å².